The van der Waals surface area contributed by atoms with Gasteiger partial charge < -0.3 is 11.1 Å². The van der Waals surface area contributed by atoms with Crippen LogP contribution in [0.3, 0.4) is 0 Å². The molecule has 4 N–H and O–H groups in total. The quantitative estimate of drug-likeness (QED) is 0.522. The molecule has 0 heterocycles. The number of anilines is 1. The van der Waals surface area contributed by atoms with Gasteiger partial charge in [0.1, 0.15) is 0 Å². The zero-order chi connectivity index (χ0) is 16.1. The van der Waals surface area contributed by atoms with Crippen LogP contribution in [0.4, 0.5) is 5.69 Å². The van der Waals surface area contributed by atoms with Gasteiger partial charge >= 0.3 is 0 Å². The number of rotatable bonds is 3. The molecule has 0 radical (unpaired) electrons. The summed E-state index contributed by atoms with van der Waals surface area (Å²) in [6, 6.07) is 13.8. The topological polar surface area (TPSA) is 84.2 Å². The molecule has 0 aliphatic rings. The first-order valence-corrected chi connectivity index (χ1v) is 7.73. The number of hydrogen-bond acceptors (Lipinski definition) is 3. The minimum absolute atomic E-state index is 0.0950. The summed E-state index contributed by atoms with van der Waals surface area (Å²) in [5, 5.41) is 5.46. The molecule has 112 valence electrons. The van der Waals surface area contributed by atoms with E-state index in [-0.39, 0.29) is 11.0 Å². The minimum atomic E-state index is -0.574. The van der Waals surface area contributed by atoms with Gasteiger partial charge in [0, 0.05) is 9.13 Å². The summed E-state index contributed by atoms with van der Waals surface area (Å²) in [7, 11) is 0. The Labute approximate surface area is 146 Å². The molecular formula is C15H12IN3O2S. The van der Waals surface area contributed by atoms with Crippen LogP contribution in [0.5, 0.6) is 0 Å². The van der Waals surface area contributed by atoms with Crippen molar-refractivity contribution < 1.29 is 9.59 Å². The fourth-order valence-corrected chi connectivity index (χ4v) is 2.51. The molecule has 2 rings (SSSR count). The van der Waals surface area contributed by atoms with E-state index in [4.69, 9.17) is 18.0 Å². The SMILES string of the molecule is NC(=O)c1ccccc1NC(=S)NC(=O)c1cccc(I)c1. The molecule has 0 unspecified atom stereocenters. The number of carbonyl (C=O) groups excluding carboxylic acids is 2. The normalized spacial score (nSPS) is 9.86. The molecule has 0 aliphatic heterocycles. The van der Waals surface area contributed by atoms with Crippen molar-refractivity contribution in [3.63, 3.8) is 0 Å². The molecule has 5 nitrogen and oxygen atoms in total. The molecule has 7 heteroatoms. The number of benzene rings is 2. The van der Waals surface area contributed by atoms with E-state index in [1.54, 1.807) is 42.5 Å². The van der Waals surface area contributed by atoms with Crippen molar-refractivity contribution >= 4 is 57.4 Å². The van der Waals surface area contributed by atoms with E-state index in [2.05, 4.69) is 33.2 Å². The number of thiocarbonyl (C=S) groups is 1. The molecule has 2 aromatic carbocycles. The summed E-state index contributed by atoms with van der Waals surface area (Å²) in [5.41, 5.74) is 6.53. The number of para-hydroxylation sites is 1. The lowest BCUT2D eigenvalue weighted by atomic mass is 10.1. The third-order valence-corrected chi connectivity index (χ3v) is 3.63. The lowest BCUT2D eigenvalue weighted by molar-refractivity contribution is 0.0975. The zero-order valence-electron chi connectivity index (χ0n) is 11.3. The Kier molecular flexibility index (Phi) is 5.45. The highest BCUT2D eigenvalue weighted by molar-refractivity contribution is 14.1. The predicted octanol–water partition coefficient (Wildman–Crippen LogP) is 2.52. The third kappa shape index (κ3) is 4.25. The smallest absolute Gasteiger partial charge is 0.257 e. The molecule has 0 saturated heterocycles. The molecule has 0 atom stereocenters. The fourth-order valence-electron chi connectivity index (χ4n) is 1.77. The van der Waals surface area contributed by atoms with E-state index in [0.717, 1.165) is 3.57 Å². The van der Waals surface area contributed by atoms with Gasteiger partial charge in [0.25, 0.3) is 11.8 Å². The van der Waals surface area contributed by atoms with Crippen LogP contribution < -0.4 is 16.4 Å². The van der Waals surface area contributed by atoms with Crippen molar-refractivity contribution in [2.24, 2.45) is 5.73 Å². The number of halogens is 1. The fraction of sp³-hybridized carbons (Fsp3) is 0. The van der Waals surface area contributed by atoms with Gasteiger partial charge in [0.2, 0.25) is 0 Å². The van der Waals surface area contributed by atoms with E-state index in [1.165, 1.54) is 0 Å². The molecule has 2 aromatic rings. The molecule has 0 saturated carbocycles. The number of nitrogens with one attached hydrogen (secondary N) is 2. The van der Waals surface area contributed by atoms with Crippen molar-refractivity contribution in [2.75, 3.05) is 5.32 Å². The van der Waals surface area contributed by atoms with Gasteiger partial charge in [0.05, 0.1) is 11.3 Å². The van der Waals surface area contributed by atoms with Gasteiger partial charge in [-0.2, -0.15) is 0 Å². The Bertz CT molecular complexity index is 749. The minimum Gasteiger partial charge on any atom is -0.366 e. The number of nitrogens with two attached hydrogens (primary N) is 1. The monoisotopic (exact) mass is 425 g/mol. The lowest BCUT2D eigenvalue weighted by Crippen LogP contribution is -2.34. The summed E-state index contributed by atoms with van der Waals surface area (Å²) in [5.74, 6) is -0.901. The summed E-state index contributed by atoms with van der Waals surface area (Å²) < 4.78 is 0.947. The van der Waals surface area contributed by atoms with Crippen LogP contribution in [0.15, 0.2) is 48.5 Å². The number of hydrogen-bond donors (Lipinski definition) is 3. The molecular weight excluding hydrogens is 413 g/mol. The van der Waals surface area contributed by atoms with Crippen LogP contribution in [0.2, 0.25) is 0 Å². The van der Waals surface area contributed by atoms with Gasteiger partial charge in [-0.25, -0.2) is 0 Å². The Morgan fingerprint density at radius 2 is 1.82 bits per heavy atom. The Hall–Kier alpha value is -2.00. The zero-order valence-corrected chi connectivity index (χ0v) is 14.3. The van der Waals surface area contributed by atoms with Gasteiger partial charge in [-0.15, -0.1) is 0 Å². The third-order valence-electron chi connectivity index (χ3n) is 2.75. The highest BCUT2D eigenvalue weighted by Gasteiger charge is 2.11. The Balaban J connectivity index is 2.08. The first kappa shape index (κ1) is 16.4. The van der Waals surface area contributed by atoms with Crippen molar-refractivity contribution in [1.82, 2.24) is 5.32 Å². The van der Waals surface area contributed by atoms with Gasteiger partial charge in [-0.1, -0.05) is 18.2 Å². The van der Waals surface area contributed by atoms with Gasteiger partial charge in [0.15, 0.2) is 5.11 Å². The summed E-state index contributed by atoms with van der Waals surface area (Å²) in [4.78, 5) is 23.4. The molecule has 0 aliphatic carbocycles. The first-order chi connectivity index (χ1) is 10.5. The second-order valence-corrected chi connectivity index (χ2v) is 5.98. The van der Waals surface area contributed by atoms with Crippen LogP contribution in [0, 0.1) is 3.57 Å². The highest BCUT2D eigenvalue weighted by atomic mass is 127. The van der Waals surface area contributed by atoms with E-state index in [9.17, 15) is 9.59 Å². The number of primary amides is 1. The van der Waals surface area contributed by atoms with Crippen LogP contribution in [0.1, 0.15) is 20.7 Å². The van der Waals surface area contributed by atoms with E-state index >= 15 is 0 Å². The second-order valence-electron chi connectivity index (χ2n) is 4.33. The van der Waals surface area contributed by atoms with E-state index < -0.39 is 5.91 Å². The van der Waals surface area contributed by atoms with Gasteiger partial charge in [-0.05, 0) is 65.1 Å². The summed E-state index contributed by atoms with van der Waals surface area (Å²) in [6.45, 7) is 0. The van der Waals surface area contributed by atoms with Crippen molar-refractivity contribution in [3.8, 4) is 0 Å². The predicted molar refractivity (Wildman–Crippen MR) is 97.8 cm³/mol. The van der Waals surface area contributed by atoms with Crippen LogP contribution in [0.25, 0.3) is 0 Å². The summed E-state index contributed by atoms with van der Waals surface area (Å²) in [6.07, 6.45) is 0. The summed E-state index contributed by atoms with van der Waals surface area (Å²) >= 11 is 7.22. The molecule has 0 bridgehead atoms. The Morgan fingerprint density at radius 1 is 1.09 bits per heavy atom. The maximum Gasteiger partial charge on any atom is 0.257 e. The largest absolute Gasteiger partial charge is 0.366 e. The first-order valence-electron chi connectivity index (χ1n) is 6.24. The van der Waals surface area contributed by atoms with Crippen LogP contribution in [-0.2, 0) is 0 Å². The maximum atomic E-state index is 12.1. The molecule has 0 spiro atoms. The highest BCUT2D eigenvalue weighted by Crippen LogP contribution is 2.14. The van der Waals surface area contributed by atoms with Crippen LogP contribution >= 0.6 is 34.8 Å². The molecule has 0 fully saturated rings. The molecule has 0 aromatic heterocycles. The number of amides is 2. The number of carbonyl (C=O) groups is 2. The Morgan fingerprint density at radius 3 is 2.50 bits per heavy atom. The van der Waals surface area contributed by atoms with Crippen molar-refractivity contribution in [1.29, 1.82) is 0 Å². The molecule has 22 heavy (non-hydrogen) atoms. The average Bonchev–Trinajstić information content (AvgIpc) is 2.47. The van der Waals surface area contributed by atoms with E-state index in [0.29, 0.717) is 16.8 Å². The molecule has 2 amide bonds. The average molecular weight is 425 g/mol. The van der Waals surface area contributed by atoms with Gasteiger partial charge in [-0.3, -0.25) is 14.9 Å². The maximum absolute atomic E-state index is 12.1. The standard InChI is InChI=1S/C15H12IN3O2S/c16-10-5-3-4-9(8-10)14(21)19-15(22)18-12-7-2-1-6-11(12)13(17)20/h1-8H,(H2,17,20)(H2,18,19,21,22). The second kappa shape index (κ2) is 7.32. The van der Waals surface area contributed by atoms with Crippen molar-refractivity contribution in [2.45, 2.75) is 0 Å². The van der Waals surface area contributed by atoms with Crippen molar-refractivity contribution in [3.05, 3.63) is 63.2 Å². The van der Waals surface area contributed by atoms with Crippen LogP contribution in [-0.4, -0.2) is 16.9 Å². The van der Waals surface area contributed by atoms with E-state index in [1.807, 2.05) is 6.07 Å². The lowest BCUT2D eigenvalue weighted by Gasteiger charge is -2.12.